The number of amides is 2. The predicted molar refractivity (Wildman–Crippen MR) is 109 cm³/mol. The normalized spacial score (nSPS) is 28.2. The van der Waals surface area contributed by atoms with Gasteiger partial charge in [0.2, 0.25) is 0 Å². The zero-order valence-corrected chi connectivity index (χ0v) is 16.8. The summed E-state index contributed by atoms with van der Waals surface area (Å²) in [4.78, 5) is 21.2. The van der Waals surface area contributed by atoms with Crippen LogP contribution in [-0.4, -0.2) is 70.3 Å². The highest BCUT2D eigenvalue weighted by Crippen LogP contribution is 2.28. The first-order valence-corrected chi connectivity index (χ1v) is 11.1. The molecule has 0 bridgehead atoms. The molecule has 1 aromatic rings. The number of carbonyl (C=O) groups excluding carboxylic acids is 1. The van der Waals surface area contributed by atoms with Crippen molar-refractivity contribution in [3.63, 3.8) is 0 Å². The highest BCUT2D eigenvalue weighted by Gasteiger charge is 2.32. The maximum atomic E-state index is 12.7. The average Bonchev–Trinajstić information content (AvgIpc) is 2.75. The Morgan fingerprint density at radius 2 is 1.64 bits per heavy atom. The number of aromatic nitrogens is 1. The van der Waals surface area contributed by atoms with Crippen molar-refractivity contribution in [2.45, 2.75) is 75.5 Å². The van der Waals surface area contributed by atoms with Gasteiger partial charge in [0, 0.05) is 50.7 Å². The Bertz CT molecular complexity index is 625. The van der Waals surface area contributed by atoms with Crippen LogP contribution in [0.2, 0.25) is 0 Å². The lowest BCUT2D eigenvalue weighted by Gasteiger charge is -2.42. The molecule has 3 aliphatic rings. The van der Waals surface area contributed by atoms with Gasteiger partial charge >= 0.3 is 6.03 Å². The molecule has 0 radical (unpaired) electrons. The van der Waals surface area contributed by atoms with Crippen molar-refractivity contribution < 1.29 is 9.90 Å². The number of pyridine rings is 1. The molecular weight excluding hydrogens is 352 g/mol. The molecule has 28 heavy (non-hydrogen) atoms. The lowest BCUT2D eigenvalue weighted by molar-refractivity contribution is 0.00747. The molecule has 2 N–H and O–H groups in total. The van der Waals surface area contributed by atoms with E-state index in [-0.39, 0.29) is 18.2 Å². The summed E-state index contributed by atoms with van der Waals surface area (Å²) in [5.41, 5.74) is 1.34. The van der Waals surface area contributed by atoms with Gasteiger partial charge in [-0.15, -0.1) is 0 Å². The minimum Gasteiger partial charge on any atom is -0.391 e. The van der Waals surface area contributed by atoms with E-state index in [0.717, 1.165) is 71.1 Å². The highest BCUT2D eigenvalue weighted by molar-refractivity contribution is 5.74. The smallest absolute Gasteiger partial charge is 0.317 e. The number of urea groups is 1. The molecule has 2 amide bonds. The van der Waals surface area contributed by atoms with E-state index in [4.69, 9.17) is 0 Å². The first-order chi connectivity index (χ1) is 13.7. The molecule has 154 valence electrons. The summed E-state index contributed by atoms with van der Waals surface area (Å²) in [5.74, 6) is 0.539. The molecule has 6 heteroatoms. The maximum Gasteiger partial charge on any atom is 0.317 e. The van der Waals surface area contributed by atoms with E-state index in [1.54, 1.807) is 0 Å². The van der Waals surface area contributed by atoms with E-state index in [9.17, 15) is 9.90 Å². The van der Waals surface area contributed by atoms with Gasteiger partial charge in [-0.05, 0) is 62.1 Å². The van der Waals surface area contributed by atoms with Crippen LogP contribution in [0.25, 0.3) is 0 Å². The van der Waals surface area contributed by atoms with E-state index in [1.807, 2.05) is 17.3 Å². The van der Waals surface area contributed by atoms with E-state index < -0.39 is 0 Å². The van der Waals surface area contributed by atoms with Crippen LogP contribution in [0.15, 0.2) is 24.5 Å². The molecule has 4 rings (SSSR count). The number of rotatable bonds is 3. The van der Waals surface area contributed by atoms with Gasteiger partial charge < -0.3 is 15.3 Å². The van der Waals surface area contributed by atoms with Crippen LogP contribution < -0.4 is 5.32 Å². The topological polar surface area (TPSA) is 68.7 Å². The average molecular weight is 387 g/mol. The van der Waals surface area contributed by atoms with Crippen LogP contribution in [0.1, 0.15) is 62.8 Å². The second kappa shape index (κ2) is 9.23. The number of aliphatic hydroxyl groups is 1. The van der Waals surface area contributed by atoms with E-state index >= 15 is 0 Å². The zero-order valence-electron chi connectivity index (χ0n) is 16.8. The third-order valence-corrected chi connectivity index (χ3v) is 6.98. The van der Waals surface area contributed by atoms with Gasteiger partial charge in [-0.3, -0.25) is 9.88 Å². The van der Waals surface area contributed by atoms with Crippen molar-refractivity contribution in [2.75, 3.05) is 26.2 Å². The maximum absolute atomic E-state index is 12.7. The molecule has 1 saturated carbocycles. The number of hydrogen-bond acceptors (Lipinski definition) is 4. The van der Waals surface area contributed by atoms with E-state index in [1.165, 1.54) is 12.0 Å². The molecule has 2 aliphatic heterocycles. The molecule has 6 nitrogen and oxygen atoms in total. The Morgan fingerprint density at radius 3 is 2.32 bits per heavy atom. The van der Waals surface area contributed by atoms with E-state index in [2.05, 4.69) is 27.3 Å². The summed E-state index contributed by atoms with van der Waals surface area (Å²) in [6.45, 7) is 3.62. The quantitative estimate of drug-likeness (QED) is 0.838. The van der Waals surface area contributed by atoms with Gasteiger partial charge in [0.25, 0.3) is 0 Å². The van der Waals surface area contributed by atoms with Crippen molar-refractivity contribution in [3.05, 3.63) is 30.1 Å². The summed E-state index contributed by atoms with van der Waals surface area (Å²) in [6.07, 6.45) is 12.0. The lowest BCUT2D eigenvalue weighted by Crippen LogP contribution is -2.54. The largest absolute Gasteiger partial charge is 0.391 e. The minimum atomic E-state index is -0.165. The van der Waals surface area contributed by atoms with Crippen LogP contribution >= 0.6 is 0 Å². The van der Waals surface area contributed by atoms with Crippen molar-refractivity contribution in [3.8, 4) is 0 Å². The van der Waals surface area contributed by atoms with Gasteiger partial charge in [-0.25, -0.2) is 4.79 Å². The Balaban J connectivity index is 1.20. The lowest BCUT2D eigenvalue weighted by atomic mass is 9.89. The zero-order chi connectivity index (χ0) is 19.3. The molecular formula is C22H34N4O2. The molecule has 1 aliphatic carbocycles. The summed E-state index contributed by atoms with van der Waals surface area (Å²) in [7, 11) is 0. The number of aliphatic hydroxyl groups excluding tert-OH is 1. The Labute approximate surface area is 168 Å². The number of carbonyl (C=O) groups is 1. The summed E-state index contributed by atoms with van der Waals surface area (Å²) < 4.78 is 0. The standard InChI is InChI=1S/C22H34N4O2/c27-21-4-2-1-3-20(21)25-15-9-19(10-16-25)24-22(28)26-13-7-18(8-14-26)17-5-11-23-12-6-17/h5-6,11-12,18-21,27H,1-4,7-10,13-16H2,(H,24,28). The highest BCUT2D eigenvalue weighted by atomic mass is 16.3. The second-order valence-electron chi connectivity index (χ2n) is 8.72. The predicted octanol–water partition coefficient (Wildman–Crippen LogP) is 2.74. The molecule has 1 aromatic heterocycles. The number of piperidine rings is 2. The third-order valence-electron chi connectivity index (χ3n) is 6.98. The van der Waals surface area contributed by atoms with Crippen LogP contribution in [0, 0.1) is 0 Å². The molecule has 2 unspecified atom stereocenters. The molecule has 2 saturated heterocycles. The Morgan fingerprint density at radius 1 is 0.964 bits per heavy atom. The van der Waals surface area contributed by atoms with Crippen LogP contribution in [0.4, 0.5) is 4.79 Å². The van der Waals surface area contributed by atoms with Gasteiger partial charge in [-0.2, -0.15) is 0 Å². The van der Waals surface area contributed by atoms with Crippen molar-refractivity contribution >= 4 is 6.03 Å². The number of nitrogens with zero attached hydrogens (tertiary/aromatic N) is 3. The number of hydrogen-bond donors (Lipinski definition) is 2. The first-order valence-electron chi connectivity index (χ1n) is 11.1. The number of nitrogens with one attached hydrogen (secondary N) is 1. The molecule has 2 atom stereocenters. The minimum absolute atomic E-state index is 0.101. The van der Waals surface area contributed by atoms with Crippen molar-refractivity contribution in [1.82, 2.24) is 20.1 Å². The fourth-order valence-corrected chi connectivity index (χ4v) is 5.21. The first kappa shape index (κ1) is 19.6. The van der Waals surface area contributed by atoms with Gasteiger partial charge in [0.05, 0.1) is 6.10 Å². The van der Waals surface area contributed by atoms with Gasteiger partial charge in [0.1, 0.15) is 0 Å². The van der Waals surface area contributed by atoms with Crippen LogP contribution in [0.5, 0.6) is 0 Å². The van der Waals surface area contributed by atoms with Gasteiger partial charge in [0.15, 0.2) is 0 Å². The summed E-state index contributed by atoms with van der Waals surface area (Å²) in [6, 6.07) is 4.89. The van der Waals surface area contributed by atoms with Crippen molar-refractivity contribution in [1.29, 1.82) is 0 Å². The number of likely N-dealkylation sites (tertiary alicyclic amines) is 2. The fourth-order valence-electron chi connectivity index (χ4n) is 5.21. The second-order valence-corrected chi connectivity index (χ2v) is 8.72. The molecule has 0 spiro atoms. The van der Waals surface area contributed by atoms with Crippen LogP contribution in [0.3, 0.4) is 0 Å². The fraction of sp³-hybridized carbons (Fsp3) is 0.727. The molecule has 3 heterocycles. The summed E-state index contributed by atoms with van der Waals surface area (Å²) >= 11 is 0. The van der Waals surface area contributed by atoms with E-state index in [0.29, 0.717) is 12.0 Å². The monoisotopic (exact) mass is 386 g/mol. The SMILES string of the molecule is O=C(NC1CCN(C2CCCCC2O)CC1)N1CCC(c2ccncc2)CC1. The van der Waals surface area contributed by atoms with Gasteiger partial charge in [-0.1, -0.05) is 12.8 Å². The molecule has 0 aromatic carbocycles. The molecule has 3 fully saturated rings. The Hall–Kier alpha value is -1.66. The van der Waals surface area contributed by atoms with Crippen molar-refractivity contribution in [2.24, 2.45) is 0 Å². The van der Waals surface area contributed by atoms with Crippen LogP contribution in [-0.2, 0) is 0 Å². The third kappa shape index (κ3) is 4.66. The Kier molecular flexibility index (Phi) is 6.47. The summed E-state index contributed by atoms with van der Waals surface area (Å²) in [5, 5.41) is 13.6.